The van der Waals surface area contributed by atoms with Crippen LogP contribution in [-0.2, 0) is 11.3 Å². The molecular weight excluding hydrogens is 472 g/mol. The van der Waals surface area contributed by atoms with Gasteiger partial charge in [-0.05, 0) is 12.5 Å². The van der Waals surface area contributed by atoms with Crippen LogP contribution in [0, 0.1) is 18.3 Å². The lowest BCUT2D eigenvalue weighted by molar-refractivity contribution is -0.112. The normalized spacial score (nSPS) is 11.3. The van der Waals surface area contributed by atoms with Gasteiger partial charge in [0.1, 0.15) is 11.8 Å². The number of nitriles is 1. The van der Waals surface area contributed by atoms with Crippen LogP contribution >= 0.6 is 0 Å². The molecule has 0 aliphatic heterocycles. The molecular formula is C27H22N6O4. The molecule has 10 heteroatoms. The van der Waals surface area contributed by atoms with Gasteiger partial charge in [-0.2, -0.15) is 5.26 Å². The van der Waals surface area contributed by atoms with Gasteiger partial charge >= 0.3 is 0 Å². The molecule has 2 N–H and O–H groups in total. The standard InChI is InChI=1S/C27H22N6O4/c1-17-21(15-30-37-17)24(34)20(13-28)25(35)32-27-29-14-22(23(31-27)19-11-7-4-8-12-19)26(36)33(2)16-18-9-5-3-6-10-18/h3-12,14-15,34H,16H2,1-2H3,(H,29,31,32,35). The molecule has 4 rings (SSSR count). The smallest absolute Gasteiger partial charge is 0.272 e. The SMILES string of the molecule is Cc1oncc1C(O)=C(C#N)C(=O)Nc1ncc(C(=O)N(C)Cc2ccccc2)c(-c2ccccc2)n1. The summed E-state index contributed by atoms with van der Waals surface area (Å²) in [6.07, 6.45) is 2.53. The maximum absolute atomic E-state index is 13.3. The van der Waals surface area contributed by atoms with E-state index in [9.17, 15) is 20.0 Å². The topological polar surface area (TPSA) is 145 Å². The zero-order valence-electron chi connectivity index (χ0n) is 20.0. The molecule has 0 saturated heterocycles. The number of aliphatic hydroxyl groups is 1. The first-order valence-corrected chi connectivity index (χ1v) is 11.2. The van der Waals surface area contributed by atoms with Gasteiger partial charge in [0.25, 0.3) is 11.8 Å². The van der Waals surface area contributed by atoms with Gasteiger partial charge in [-0.15, -0.1) is 0 Å². The van der Waals surface area contributed by atoms with E-state index in [1.807, 2.05) is 36.4 Å². The second-order valence-electron chi connectivity index (χ2n) is 8.05. The van der Waals surface area contributed by atoms with Crippen LogP contribution in [0.2, 0.25) is 0 Å². The van der Waals surface area contributed by atoms with Crippen LogP contribution in [0.5, 0.6) is 0 Å². The Bertz CT molecular complexity index is 1510. The number of aromatic nitrogens is 3. The molecule has 2 aromatic carbocycles. The van der Waals surface area contributed by atoms with Gasteiger partial charge in [-0.3, -0.25) is 14.9 Å². The molecule has 184 valence electrons. The summed E-state index contributed by atoms with van der Waals surface area (Å²) in [5, 5.41) is 25.9. The minimum absolute atomic E-state index is 0.111. The van der Waals surface area contributed by atoms with Crippen LogP contribution in [0.15, 0.2) is 83.2 Å². The quantitative estimate of drug-likeness (QED) is 0.221. The number of nitrogens with zero attached hydrogens (tertiary/aromatic N) is 5. The predicted molar refractivity (Wildman–Crippen MR) is 135 cm³/mol. The summed E-state index contributed by atoms with van der Waals surface area (Å²) in [6, 6.07) is 20.2. The Hall–Kier alpha value is -5.30. The largest absolute Gasteiger partial charge is 0.506 e. The van der Waals surface area contributed by atoms with Crippen LogP contribution in [0.4, 0.5) is 5.95 Å². The average molecular weight is 495 g/mol. The number of rotatable bonds is 7. The van der Waals surface area contributed by atoms with Gasteiger partial charge in [0, 0.05) is 25.4 Å². The van der Waals surface area contributed by atoms with Crippen LogP contribution in [0.3, 0.4) is 0 Å². The molecule has 0 atom stereocenters. The van der Waals surface area contributed by atoms with Gasteiger partial charge in [-0.25, -0.2) is 9.97 Å². The molecule has 2 amide bonds. The molecule has 0 spiro atoms. The first-order chi connectivity index (χ1) is 17.9. The van der Waals surface area contributed by atoms with Crippen molar-refractivity contribution in [3.63, 3.8) is 0 Å². The summed E-state index contributed by atoms with van der Waals surface area (Å²) < 4.78 is 4.89. The first-order valence-electron chi connectivity index (χ1n) is 11.2. The van der Waals surface area contributed by atoms with E-state index in [0.717, 1.165) is 5.56 Å². The Morgan fingerprint density at radius 2 is 1.73 bits per heavy atom. The van der Waals surface area contributed by atoms with Crippen molar-refractivity contribution in [2.24, 2.45) is 0 Å². The fraction of sp³-hybridized carbons (Fsp3) is 0.111. The number of benzene rings is 2. The van der Waals surface area contributed by atoms with E-state index in [2.05, 4.69) is 20.4 Å². The van der Waals surface area contributed by atoms with Gasteiger partial charge in [-0.1, -0.05) is 65.8 Å². The number of carbonyl (C=O) groups is 2. The number of amides is 2. The highest BCUT2D eigenvalue weighted by atomic mass is 16.5. The molecule has 0 aliphatic carbocycles. The third kappa shape index (κ3) is 5.52. The number of hydrogen-bond donors (Lipinski definition) is 2. The predicted octanol–water partition coefficient (Wildman–Crippen LogP) is 4.14. The molecule has 0 unspecified atom stereocenters. The number of aliphatic hydroxyl groups excluding tert-OH is 1. The van der Waals surface area contributed by atoms with Crippen molar-refractivity contribution in [3.8, 4) is 17.3 Å². The molecule has 0 radical (unpaired) electrons. The lowest BCUT2D eigenvalue weighted by Gasteiger charge is -2.19. The Morgan fingerprint density at radius 3 is 2.35 bits per heavy atom. The lowest BCUT2D eigenvalue weighted by atomic mass is 10.1. The summed E-state index contributed by atoms with van der Waals surface area (Å²) >= 11 is 0. The van der Waals surface area contributed by atoms with E-state index in [-0.39, 0.29) is 28.7 Å². The van der Waals surface area contributed by atoms with E-state index in [0.29, 0.717) is 17.8 Å². The van der Waals surface area contributed by atoms with Crippen molar-refractivity contribution in [2.75, 3.05) is 12.4 Å². The summed E-state index contributed by atoms with van der Waals surface area (Å²) in [6.45, 7) is 1.91. The monoisotopic (exact) mass is 494 g/mol. The molecule has 4 aromatic rings. The summed E-state index contributed by atoms with van der Waals surface area (Å²) in [5.74, 6) is -1.73. The van der Waals surface area contributed by atoms with Gasteiger partial charge in [0.05, 0.1) is 23.0 Å². The molecule has 2 aromatic heterocycles. The molecule has 0 aliphatic rings. The van der Waals surface area contributed by atoms with E-state index >= 15 is 0 Å². The molecule has 0 fully saturated rings. The van der Waals surface area contributed by atoms with Gasteiger partial charge in [0.2, 0.25) is 5.95 Å². The summed E-state index contributed by atoms with van der Waals surface area (Å²) in [5.41, 5.74) is 1.68. The van der Waals surface area contributed by atoms with Crippen LogP contribution in [0.1, 0.15) is 27.2 Å². The van der Waals surface area contributed by atoms with E-state index < -0.39 is 17.2 Å². The second-order valence-corrected chi connectivity index (χ2v) is 8.05. The van der Waals surface area contributed by atoms with E-state index in [4.69, 9.17) is 4.52 Å². The highest BCUT2D eigenvalue weighted by Gasteiger charge is 2.23. The third-order valence-corrected chi connectivity index (χ3v) is 5.48. The number of carbonyl (C=O) groups excluding carboxylic acids is 2. The van der Waals surface area contributed by atoms with Crippen molar-refractivity contribution >= 4 is 23.5 Å². The van der Waals surface area contributed by atoms with E-state index in [1.54, 1.807) is 42.3 Å². The first kappa shape index (κ1) is 24.8. The number of nitrogens with one attached hydrogen (secondary N) is 1. The van der Waals surface area contributed by atoms with Crippen molar-refractivity contribution in [1.29, 1.82) is 5.26 Å². The lowest BCUT2D eigenvalue weighted by Crippen LogP contribution is -2.27. The fourth-order valence-corrected chi connectivity index (χ4v) is 3.59. The number of anilines is 1. The molecule has 2 heterocycles. The van der Waals surface area contributed by atoms with Crippen molar-refractivity contribution in [1.82, 2.24) is 20.0 Å². The number of hydrogen-bond acceptors (Lipinski definition) is 8. The Labute approximate surface area is 212 Å². The maximum Gasteiger partial charge on any atom is 0.272 e. The molecule has 0 bridgehead atoms. The Kier molecular flexibility index (Phi) is 7.35. The summed E-state index contributed by atoms with van der Waals surface area (Å²) in [4.78, 5) is 36.3. The zero-order valence-corrected chi connectivity index (χ0v) is 20.0. The van der Waals surface area contributed by atoms with Crippen molar-refractivity contribution < 1.29 is 19.2 Å². The summed E-state index contributed by atoms with van der Waals surface area (Å²) in [7, 11) is 1.68. The molecule has 10 nitrogen and oxygen atoms in total. The Balaban J connectivity index is 1.66. The van der Waals surface area contributed by atoms with E-state index in [1.165, 1.54) is 19.3 Å². The second kappa shape index (κ2) is 11.0. The van der Waals surface area contributed by atoms with Crippen LogP contribution < -0.4 is 5.32 Å². The fourth-order valence-electron chi connectivity index (χ4n) is 3.59. The van der Waals surface area contributed by atoms with Crippen molar-refractivity contribution in [3.05, 3.63) is 101 Å². The zero-order chi connectivity index (χ0) is 26.4. The molecule has 37 heavy (non-hydrogen) atoms. The van der Waals surface area contributed by atoms with Crippen LogP contribution in [-0.4, -0.2) is 44.0 Å². The van der Waals surface area contributed by atoms with Gasteiger partial charge < -0.3 is 14.5 Å². The number of aryl methyl sites for hydroxylation is 1. The van der Waals surface area contributed by atoms with Crippen LogP contribution in [0.25, 0.3) is 17.0 Å². The highest BCUT2D eigenvalue weighted by molar-refractivity contribution is 6.10. The van der Waals surface area contributed by atoms with Gasteiger partial charge in [0.15, 0.2) is 11.3 Å². The van der Waals surface area contributed by atoms with Crippen molar-refractivity contribution in [2.45, 2.75) is 13.5 Å². The maximum atomic E-state index is 13.3. The minimum Gasteiger partial charge on any atom is -0.506 e. The minimum atomic E-state index is -0.931. The average Bonchev–Trinajstić information content (AvgIpc) is 3.35. The molecule has 0 saturated carbocycles. The Morgan fingerprint density at radius 1 is 1.05 bits per heavy atom. The third-order valence-electron chi connectivity index (χ3n) is 5.48. The highest BCUT2D eigenvalue weighted by Crippen LogP contribution is 2.25.